The van der Waals surface area contributed by atoms with Gasteiger partial charge in [0.2, 0.25) is 0 Å². The second-order valence-electron chi connectivity index (χ2n) is 5.03. The number of ether oxygens (including phenoxy) is 1. The van der Waals surface area contributed by atoms with Crippen LogP contribution >= 0.6 is 11.3 Å². The summed E-state index contributed by atoms with van der Waals surface area (Å²) >= 11 is 1.52. The van der Waals surface area contributed by atoms with Gasteiger partial charge in [-0.2, -0.15) is 0 Å². The number of esters is 1. The number of thiazole rings is 1. The van der Waals surface area contributed by atoms with Gasteiger partial charge >= 0.3 is 5.97 Å². The first kappa shape index (κ1) is 18.6. The maximum atomic E-state index is 12.0. The monoisotopic (exact) mass is 361 g/mol. The number of methoxy groups -OCH3 is 1. The van der Waals surface area contributed by atoms with Crippen molar-refractivity contribution in [3.63, 3.8) is 0 Å². The molecule has 0 spiro atoms. The van der Waals surface area contributed by atoms with Crippen molar-refractivity contribution >= 4 is 29.2 Å². The van der Waals surface area contributed by atoms with Crippen molar-refractivity contribution in [2.24, 2.45) is 10.3 Å². The first-order chi connectivity index (χ1) is 12.1. The molecule has 8 heteroatoms. The van der Waals surface area contributed by atoms with E-state index in [1.54, 1.807) is 18.5 Å². The summed E-state index contributed by atoms with van der Waals surface area (Å²) in [7, 11) is 2.66. The summed E-state index contributed by atoms with van der Waals surface area (Å²) in [4.78, 5) is 27.4. The Hall–Kier alpha value is -2.74. The van der Waals surface area contributed by atoms with Crippen LogP contribution in [0.25, 0.3) is 0 Å². The zero-order valence-corrected chi connectivity index (χ0v) is 15.3. The van der Waals surface area contributed by atoms with Gasteiger partial charge in [-0.3, -0.25) is 0 Å². The maximum Gasteiger partial charge on any atom is 0.360 e. The lowest BCUT2D eigenvalue weighted by atomic mass is 9.99. The third-order valence-electron chi connectivity index (χ3n) is 3.31. The van der Waals surface area contributed by atoms with Crippen LogP contribution in [-0.4, -0.2) is 37.1 Å². The van der Waals surface area contributed by atoms with Crippen LogP contribution in [0, 0.1) is 13.8 Å². The number of nitrogens with zero attached hydrogens (tertiary/aromatic N) is 3. The van der Waals surface area contributed by atoms with E-state index < -0.39 is 5.97 Å². The molecule has 1 heterocycles. The summed E-state index contributed by atoms with van der Waals surface area (Å²) in [5.74, 6) is -0.588. The Morgan fingerprint density at radius 3 is 2.76 bits per heavy atom. The molecule has 132 valence electrons. The summed E-state index contributed by atoms with van der Waals surface area (Å²) in [6.45, 7) is 4.05. The van der Waals surface area contributed by atoms with Gasteiger partial charge < -0.3 is 14.4 Å². The number of aryl methyl sites for hydroxylation is 2. The molecule has 0 saturated heterocycles. The quantitative estimate of drug-likeness (QED) is 0.430. The zero-order valence-electron chi connectivity index (χ0n) is 14.5. The molecule has 0 fully saturated rings. The van der Waals surface area contributed by atoms with Crippen LogP contribution in [-0.2, 0) is 25.8 Å². The molecule has 0 radical (unpaired) electrons. The Morgan fingerprint density at radius 2 is 2.12 bits per heavy atom. The number of rotatable bonds is 7. The van der Waals surface area contributed by atoms with E-state index in [2.05, 4.69) is 15.3 Å². The molecule has 0 unspecified atom stereocenters. The Morgan fingerprint density at radius 1 is 1.32 bits per heavy atom. The molecule has 1 aromatic carbocycles. The second-order valence-corrected chi connectivity index (χ2v) is 6.30. The standard InChI is InChI=1S/C17H19N3O4S/c1-11-6-5-7-13(16(20-23-4)17(21)22-3)14(11)10-24-19-9-15-18-8-12(2)25-15/h5-9H,10H2,1-4H3/b19-9+,20-16+. The van der Waals surface area contributed by atoms with E-state index in [1.165, 1.54) is 25.6 Å². The fraction of sp³-hybridized carbons (Fsp3) is 0.294. The summed E-state index contributed by atoms with van der Waals surface area (Å²) in [6.07, 6.45) is 3.33. The van der Waals surface area contributed by atoms with Crippen molar-refractivity contribution in [2.75, 3.05) is 14.2 Å². The molecular formula is C17H19N3O4S. The molecule has 0 atom stereocenters. The largest absolute Gasteiger partial charge is 0.464 e. The van der Waals surface area contributed by atoms with Crippen LogP contribution in [0.1, 0.15) is 26.6 Å². The first-order valence-electron chi connectivity index (χ1n) is 7.43. The minimum Gasteiger partial charge on any atom is -0.464 e. The van der Waals surface area contributed by atoms with E-state index >= 15 is 0 Å². The number of carbonyl (C=O) groups is 1. The molecule has 1 aromatic heterocycles. The molecule has 2 aromatic rings. The van der Waals surface area contributed by atoms with Crippen molar-refractivity contribution in [3.8, 4) is 0 Å². The van der Waals surface area contributed by atoms with E-state index in [0.717, 1.165) is 21.0 Å². The zero-order chi connectivity index (χ0) is 18.2. The highest BCUT2D eigenvalue weighted by atomic mass is 32.1. The number of aromatic nitrogens is 1. The fourth-order valence-corrected chi connectivity index (χ4v) is 2.75. The van der Waals surface area contributed by atoms with Gasteiger partial charge in [0, 0.05) is 22.2 Å². The number of hydrogen-bond donors (Lipinski definition) is 0. The predicted molar refractivity (Wildman–Crippen MR) is 96.0 cm³/mol. The Bertz CT molecular complexity index is 799. The lowest BCUT2D eigenvalue weighted by Crippen LogP contribution is -2.20. The summed E-state index contributed by atoms with van der Waals surface area (Å²) in [5.41, 5.74) is 2.36. The second kappa shape index (κ2) is 8.93. The highest BCUT2D eigenvalue weighted by molar-refractivity contribution is 7.13. The Balaban J connectivity index is 2.21. The molecule has 0 saturated carbocycles. The topological polar surface area (TPSA) is 82.4 Å². The van der Waals surface area contributed by atoms with Gasteiger partial charge in [0.25, 0.3) is 0 Å². The third kappa shape index (κ3) is 4.87. The van der Waals surface area contributed by atoms with Crippen molar-refractivity contribution < 1.29 is 19.2 Å². The van der Waals surface area contributed by atoms with Crippen molar-refractivity contribution in [2.45, 2.75) is 20.5 Å². The minimum absolute atomic E-state index is 0.0758. The molecule has 0 aliphatic heterocycles. The Labute approximate surface area is 149 Å². The SMILES string of the molecule is CO/N=C(/C(=O)OC)c1cccc(C)c1CO/N=C/c1ncc(C)s1. The molecule has 0 aliphatic rings. The summed E-state index contributed by atoms with van der Waals surface area (Å²) < 4.78 is 4.77. The van der Waals surface area contributed by atoms with Gasteiger partial charge in [0.05, 0.1) is 7.11 Å². The summed E-state index contributed by atoms with van der Waals surface area (Å²) in [6, 6.07) is 5.50. The van der Waals surface area contributed by atoms with Gasteiger partial charge in [0.1, 0.15) is 24.9 Å². The van der Waals surface area contributed by atoms with Crippen LogP contribution in [0.4, 0.5) is 0 Å². The molecule has 0 aliphatic carbocycles. The molecule has 0 bridgehead atoms. The number of carbonyl (C=O) groups excluding carboxylic acids is 1. The van der Waals surface area contributed by atoms with E-state index in [9.17, 15) is 4.79 Å². The molecule has 0 N–H and O–H groups in total. The maximum absolute atomic E-state index is 12.0. The van der Waals surface area contributed by atoms with Crippen LogP contribution in [0.15, 0.2) is 34.7 Å². The van der Waals surface area contributed by atoms with Crippen LogP contribution in [0.2, 0.25) is 0 Å². The third-order valence-corrected chi connectivity index (χ3v) is 4.16. The van der Waals surface area contributed by atoms with Gasteiger partial charge in [0.15, 0.2) is 5.71 Å². The van der Waals surface area contributed by atoms with Crippen LogP contribution in [0.3, 0.4) is 0 Å². The Kier molecular flexibility index (Phi) is 6.64. The average molecular weight is 361 g/mol. The van der Waals surface area contributed by atoms with Gasteiger partial charge in [-0.15, -0.1) is 11.3 Å². The van der Waals surface area contributed by atoms with Crippen molar-refractivity contribution in [1.29, 1.82) is 0 Å². The summed E-state index contributed by atoms with van der Waals surface area (Å²) in [5, 5.41) is 8.49. The van der Waals surface area contributed by atoms with E-state index in [1.807, 2.05) is 26.0 Å². The molecule has 2 rings (SSSR count). The minimum atomic E-state index is -0.588. The smallest absolute Gasteiger partial charge is 0.360 e. The van der Waals surface area contributed by atoms with E-state index in [-0.39, 0.29) is 12.3 Å². The molecule has 7 nitrogen and oxygen atoms in total. The van der Waals surface area contributed by atoms with Crippen LogP contribution < -0.4 is 0 Å². The van der Waals surface area contributed by atoms with Gasteiger partial charge in [-0.05, 0) is 19.4 Å². The average Bonchev–Trinajstić information content (AvgIpc) is 3.02. The van der Waals surface area contributed by atoms with E-state index in [4.69, 9.17) is 14.4 Å². The lowest BCUT2D eigenvalue weighted by molar-refractivity contribution is -0.132. The van der Waals surface area contributed by atoms with E-state index in [0.29, 0.717) is 5.56 Å². The first-order valence-corrected chi connectivity index (χ1v) is 8.24. The molecule has 25 heavy (non-hydrogen) atoms. The van der Waals surface area contributed by atoms with Crippen molar-refractivity contribution in [3.05, 3.63) is 51.0 Å². The van der Waals surface area contributed by atoms with Gasteiger partial charge in [-0.1, -0.05) is 28.5 Å². The molecule has 0 amide bonds. The number of benzene rings is 1. The number of hydrogen-bond acceptors (Lipinski definition) is 8. The number of oxime groups is 2. The molecular weight excluding hydrogens is 342 g/mol. The fourth-order valence-electron chi connectivity index (χ4n) is 2.12. The lowest BCUT2D eigenvalue weighted by Gasteiger charge is -2.12. The highest BCUT2D eigenvalue weighted by Gasteiger charge is 2.20. The van der Waals surface area contributed by atoms with Gasteiger partial charge in [-0.25, -0.2) is 9.78 Å². The van der Waals surface area contributed by atoms with Crippen LogP contribution in [0.5, 0.6) is 0 Å². The predicted octanol–water partition coefficient (Wildman–Crippen LogP) is 2.83. The normalized spacial score (nSPS) is 11.6. The highest BCUT2D eigenvalue weighted by Crippen LogP contribution is 2.18. The van der Waals surface area contributed by atoms with Crippen molar-refractivity contribution in [1.82, 2.24) is 4.98 Å².